The fraction of sp³-hybridized carbons (Fsp3) is 0.0500. The Bertz CT molecular complexity index is 1220. The van der Waals surface area contributed by atoms with Crippen molar-refractivity contribution in [3.8, 4) is 5.75 Å². The second-order valence-electron chi connectivity index (χ2n) is 5.72. The maximum absolute atomic E-state index is 12.9. The van der Waals surface area contributed by atoms with Crippen molar-refractivity contribution < 1.29 is 13.9 Å². The number of ether oxygens (including phenoxy) is 1. The average molecular weight is 456 g/mol. The summed E-state index contributed by atoms with van der Waals surface area (Å²) in [5.41, 5.74) is 1.66. The minimum Gasteiger partial charge on any atom is -0.494 e. The number of thiazole rings is 1. The number of anilines is 1. The number of nitrogens with zero attached hydrogens (tertiary/aromatic N) is 2. The monoisotopic (exact) mass is 455 g/mol. The Labute approximate surface area is 172 Å². The minimum absolute atomic E-state index is 0.188. The van der Waals surface area contributed by atoms with Crippen LogP contribution in [0.1, 0.15) is 10.4 Å². The molecule has 4 aromatic rings. The number of nitrogens with one attached hydrogen (secondary N) is 1. The van der Waals surface area contributed by atoms with E-state index < -0.39 is 0 Å². The van der Waals surface area contributed by atoms with Gasteiger partial charge in [-0.1, -0.05) is 28.1 Å². The highest BCUT2D eigenvalue weighted by atomic mass is 79.9. The molecule has 0 fully saturated rings. The average Bonchev–Trinajstić information content (AvgIpc) is 3.21. The van der Waals surface area contributed by atoms with Gasteiger partial charge in [0.25, 0.3) is 5.91 Å². The molecule has 0 aliphatic carbocycles. The zero-order chi connectivity index (χ0) is 19.5. The van der Waals surface area contributed by atoms with Crippen LogP contribution >= 0.6 is 27.3 Å². The molecular formula is C20H14BrN3O3S. The molecule has 0 bridgehead atoms. The first-order chi connectivity index (χ1) is 13.6. The van der Waals surface area contributed by atoms with E-state index in [0.717, 1.165) is 9.86 Å². The first-order valence-electron chi connectivity index (χ1n) is 8.26. The highest BCUT2D eigenvalue weighted by molar-refractivity contribution is 9.10. The molecule has 6 nitrogen and oxygen atoms in total. The van der Waals surface area contributed by atoms with Gasteiger partial charge in [0.1, 0.15) is 22.6 Å². The number of hydrogen-bond donors (Lipinski definition) is 1. The highest BCUT2D eigenvalue weighted by Gasteiger charge is 2.15. The summed E-state index contributed by atoms with van der Waals surface area (Å²) in [5, 5.41) is 5.85. The van der Waals surface area contributed by atoms with Crippen molar-refractivity contribution in [3.63, 3.8) is 0 Å². The summed E-state index contributed by atoms with van der Waals surface area (Å²) in [6, 6.07) is 14.6. The van der Waals surface area contributed by atoms with Crippen LogP contribution in [0.15, 0.2) is 74.0 Å². The molecule has 0 aliphatic heterocycles. The Balaban J connectivity index is 1.91. The van der Waals surface area contributed by atoms with Crippen molar-refractivity contribution in [2.24, 2.45) is 4.99 Å². The largest absolute Gasteiger partial charge is 0.494 e. The van der Waals surface area contributed by atoms with E-state index in [9.17, 15) is 4.79 Å². The van der Waals surface area contributed by atoms with Gasteiger partial charge in [-0.25, -0.2) is 9.98 Å². The summed E-state index contributed by atoms with van der Waals surface area (Å²) >= 11 is 4.78. The lowest BCUT2D eigenvalue weighted by atomic mass is 10.1. The number of aromatic nitrogens is 1. The van der Waals surface area contributed by atoms with Crippen LogP contribution in [0, 0.1) is 0 Å². The molecule has 1 N–H and O–H groups in total. The number of benzene rings is 2. The molecule has 1 amide bonds. The van der Waals surface area contributed by atoms with E-state index in [-0.39, 0.29) is 11.5 Å². The van der Waals surface area contributed by atoms with Gasteiger partial charge in [0.2, 0.25) is 5.55 Å². The first-order valence-corrected chi connectivity index (χ1v) is 9.93. The topological polar surface area (TPSA) is 76.7 Å². The maximum Gasteiger partial charge on any atom is 0.262 e. The van der Waals surface area contributed by atoms with Gasteiger partial charge in [-0.2, -0.15) is 0 Å². The zero-order valence-electron chi connectivity index (χ0n) is 14.7. The van der Waals surface area contributed by atoms with Gasteiger partial charge in [-0.3, -0.25) is 10.1 Å². The molecule has 2 aromatic carbocycles. The zero-order valence-corrected chi connectivity index (χ0v) is 17.1. The predicted molar refractivity (Wildman–Crippen MR) is 112 cm³/mol. The third-order valence-electron chi connectivity index (χ3n) is 3.91. The van der Waals surface area contributed by atoms with Crippen molar-refractivity contribution in [1.82, 2.24) is 4.98 Å². The van der Waals surface area contributed by atoms with E-state index >= 15 is 0 Å². The van der Waals surface area contributed by atoms with E-state index in [0.29, 0.717) is 27.7 Å². The van der Waals surface area contributed by atoms with Crippen LogP contribution in [0.2, 0.25) is 0 Å². The number of para-hydroxylation sites is 2. The Morgan fingerprint density at radius 2 is 2.11 bits per heavy atom. The Kier molecular flexibility index (Phi) is 5.23. The van der Waals surface area contributed by atoms with E-state index in [2.05, 4.69) is 31.2 Å². The van der Waals surface area contributed by atoms with E-state index in [1.165, 1.54) is 11.3 Å². The Morgan fingerprint density at radius 3 is 2.89 bits per heavy atom. The quantitative estimate of drug-likeness (QED) is 0.461. The first kappa shape index (κ1) is 18.4. The van der Waals surface area contributed by atoms with Gasteiger partial charge in [-0.05, 0) is 36.4 Å². The molecule has 0 atom stereocenters. The summed E-state index contributed by atoms with van der Waals surface area (Å²) in [5.74, 6) is 0.231. The van der Waals surface area contributed by atoms with Crippen LogP contribution in [0.3, 0.4) is 0 Å². The number of carbonyl (C=O) groups excluding carboxylic acids is 1. The molecule has 0 aliphatic rings. The summed E-state index contributed by atoms with van der Waals surface area (Å²) in [7, 11) is 1.57. The minimum atomic E-state index is -0.353. The summed E-state index contributed by atoms with van der Waals surface area (Å²) in [4.78, 5) is 21.5. The normalized spacial score (nSPS) is 11.6. The molecule has 0 spiro atoms. The number of amides is 1. The molecular weight excluding hydrogens is 442 g/mol. The van der Waals surface area contributed by atoms with Gasteiger partial charge >= 0.3 is 0 Å². The number of hydrogen-bond acceptors (Lipinski definition) is 6. The van der Waals surface area contributed by atoms with Gasteiger partial charge in [0.15, 0.2) is 5.13 Å². The summed E-state index contributed by atoms with van der Waals surface area (Å²) < 4.78 is 12.2. The number of carbonyl (C=O) groups is 1. The smallest absolute Gasteiger partial charge is 0.262 e. The van der Waals surface area contributed by atoms with Crippen molar-refractivity contribution in [1.29, 1.82) is 0 Å². The number of fused-ring (bicyclic) bond motifs is 1. The lowest BCUT2D eigenvalue weighted by molar-refractivity contribution is 0.102. The second kappa shape index (κ2) is 7.95. The molecule has 0 unspecified atom stereocenters. The molecule has 4 rings (SSSR count). The van der Waals surface area contributed by atoms with E-state index in [1.54, 1.807) is 36.9 Å². The summed E-state index contributed by atoms with van der Waals surface area (Å²) in [6.07, 6.45) is 1.63. The van der Waals surface area contributed by atoms with Crippen LogP contribution in [0.4, 0.5) is 10.8 Å². The third-order valence-corrected chi connectivity index (χ3v) is 5.10. The molecule has 28 heavy (non-hydrogen) atoms. The standard InChI is InChI=1S/C20H14BrN3O3S/c1-26-17-5-3-2-4-15(17)23-19-14(18(25)24-20-22-8-9-28-20)11-12-10-13(21)6-7-16(12)27-19/h2-11H,1H3,(H,22,24,25). The van der Waals surface area contributed by atoms with Crippen molar-refractivity contribution in [2.75, 3.05) is 12.4 Å². The van der Waals surface area contributed by atoms with Gasteiger partial charge in [0, 0.05) is 21.4 Å². The fourth-order valence-corrected chi connectivity index (χ4v) is 3.53. The molecule has 2 heterocycles. The van der Waals surface area contributed by atoms with Gasteiger partial charge in [-0.15, -0.1) is 11.3 Å². The van der Waals surface area contributed by atoms with E-state index in [1.807, 2.05) is 30.3 Å². The number of methoxy groups -OCH3 is 1. The molecule has 0 saturated heterocycles. The lowest BCUT2D eigenvalue weighted by Gasteiger charge is -2.07. The van der Waals surface area contributed by atoms with Crippen molar-refractivity contribution >= 4 is 55.0 Å². The second-order valence-corrected chi connectivity index (χ2v) is 7.53. The molecule has 8 heteroatoms. The van der Waals surface area contributed by atoms with Crippen molar-refractivity contribution in [3.05, 3.63) is 75.7 Å². The molecule has 0 radical (unpaired) electrons. The SMILES string of the molecule is COc1ccccc1N=c1oc2ccc(Br)cc2cc1C(=O)Nc1nccs1. The van der Waals surface area contributed by atoms with E-state index in [4.69, 9.17) is 9.15 Å². The van der Waals surface area contributed by atoms with Crippen LogP contribution in [-0.2, 0) is 0 Å². The number of halogens is 1. The van der Waals surface area contributed by atoms with Crippen LogP contribution in [0.5, 0.6) is 5.75 Å². The third kappa shape index (κ3) is 3.83. The summed E-state index contributed by atoms with van der Waals surface area (Å²) in [6.45, 7) is 0. The Morgan fingerprint density at radius 1 is 1.25 bits per heavy atom. The Hall–Kier alpha value is -2.97. The lowest BCUT2D eigenvalue weighted by Crippen LogP contribution is -2.21. The highest BCUT2D eigenvalue weighted by Crippen LogP contribution is 2.26. The predicted octanol–water partition coefficient (Wildman–Crippen LogP) is 5.15. The van der Waals surface area contributed by atoms with Gasteiger partial charge in [0.05, 0.1) is 7.11 Å². The molecule has 140 valence electrons. The molecule has 0 saturated carbocycles. The number of rotatable bonds is 4. The van der Waals surface area contributed by atoms with Crippen LogP contribution in [-0.4, -0.2) is 18.0 Å². The maximum atomic E-state index is 12.9. The molecule has 2 aromatic heterocycles. The fourth-order valence-electron chi connectivity index (χ4n) is 2.63. The van der Waals surface area contributed by atoms with Gasteiger partial charge < -0.3 is 9.15 Å². The van der Waals surface area contributed by atoms with Crippen molar-refractivity contribution in [2.45, 2.75) is 0 Å². The van der Waals surface area contributed by atoms with Crippen LogP contribution in [0.25, 0.3) is 11.0 Å². The van der Waals surface area contributed by atoms with Crippen LogP contribution < -0.4 is 15.6 Å².